The van der Waals surface area contributed by atoms with Crippen molar-refractivity contribution >= 4 is 41.0 Å². The van der Waals surface area contributed by atoms with E-state index in [1.165, 1.54) is 10.6 Å². The average molecular weight is 454 g/mol. The maximum atomic E-state index is 12.6. The van der Waals surface area contributed by atoms with Gasteiger partial charge in [0.15, 0.2) is 11.5 Å². The molecular formula is C25H28NO3PS. The zero-order chi connectivity index (χ0) is 22.4. The summed E-state index contributed by atoms with van der Waals surface area (Å²) in [6.07, 6.45) is 1.71. The van der Waals surface area contributed by atoms with Gasteiger partial charge in [0.2, 0.25) is 0 Å². The predicted molar refractivity (Wildman–Crippen MR) is 134 cm³/mol. The normalized spacial score (nSPS) is 12.8. The molecule has 31 heavy (non-hydrogen) atoms. The highest BCUT2D eigenvalue weighted by Crippen LogP contribution is 2.38. The Kier molecular flexibility index (Phi) is 7.64. The summed E-state index contributed by atoms with van der Waals surface area (Å²) in [5.74, 6) is 1.27. The van der Waals surface area contributed by atoms with E-state index in [1.807, 2.05) is 45.0 Å². The Morgan fingerprint density at radius 1 is 0.839 bits per heavy atom. The summed E-state index contributed by atoms with van der Waals surface area (Å²) in [5.41, 5.74) is 0.870. The van der Waals surface area contributed by atoms with E-state index in [2.05, 4.69) is 52.9 Å². The lowest BCUT2D eigenvalue weighted by atomic mass is 10.2. The highest BCUT2D eigenvalue weighted by molar-refractivity contribution is 7.85. The molecule has 3 aromatic carbocycles. The lowest BCUT2D eigenvalue weighted by molar-refractivity contribution is 0.355. The van der Waals surface area contributed by atoms with E-state index in [0.717, 1.165) is 10.9 Å². The largest absolute Gasteiger partial charge is 0.493 e. The smallest absolute Gasteiger partial charge is 0.161 e. The molecule has 0 spiro atoms. The van der Waals surface area contributed by atoms with Gasteiger partial charge < -0.3 is 9.47 Å². The fraction of sp³-hybridized carbons (Fsp3) is 0.240. The van der Waals surface area contributed by atoms with Crippen LogP contribution in [0.1, 0.15) is 26.3 Å². The molecule has 0 aliphatic carbocycles. The molecule has 0 heterocycles. The lowest BCUT2D eigenvalue weighted by Crippen LogP contribution is -2.24. The summed E-state index contributed by atoms with van der Waals surface area (Å²) in [7, 11) is 1.00. The Bertz CT molecular complexity index is 1020. The van der Waals surface area contributed by atoms with E-state index in [0.29, 0.717) is 11.5 Å². The van der Waals surface area contributed by atoms with E-state index in [1.54, 1.807) is 20.4 Å². The molecular weight excluding hydrogens is 425 g/mol. The second-order valence-electron chi connectivity index (χ2n) is 7.87. The molecule has 3 rings (SSSR count). The average Bonchev–Trinajstić information content (AvgIpc) is 2.78. The number of methoxy groups -OCH3 is 2. The number of ether oxygens (including phenoxy) is 2. The van der Waals surface area contributed by atoms with E-state index in [4.69, 9.17) is 9.47 Å². The van der Waals surface area contributed by atoms with Crippen LogP contribution in [0.5, 0.6) is 11.5 Å². The minimum atomic E-state index is -1.36. The van der Waals surface area contributed by atoms with Crippen LogP contribution in [0.3, 0.4) is 0 Å². The van der Waals surface area contributed by atoms with Gasteiger partial charge >= 0.3 is 0 Å². The SMILES string of the molecule is COc1cc(/C=N/S(=O)C(C)(C)C)c(P(c2ccccc2)c2ccccc2)cc1OC. The quantitative estimate of drug-likeness (QED) is 0.395. The van der Waals surface area contributed by atoms with Crippen molar-refractivity contribution in [2.24, 2.45) is 4.40 Å². The number of hydrogen-bond acceptors (Lipinski definition) is 3. The molecule has 0 saturated heterocycles. The van der Waals surface area contributed by atoms with Crippen LogP contribution in [-0.2, 0) is 11.0 Å². The second kappa shape index (κ2) is 10.2. The fourth-order valence-corrected chi connectivity index (χ4v) is 5.97. The number of nitrogens with zero attached hydrogens (tertiary/aromatic N) is 1. The number of hydrogen-bond donors (Lipinski definition) is 0. The van der Waals surface area contributed by atoms with Crippen molar-refractivity contribution < 1.29 is 13.7 Å². The third kappa shape index (κ3) is 5.61. The highest BCUT2D eigenvalue weighted by atomic mass is 32.2. The minimum Gasteiger partial charge on any atom is -0.493 e. The van der Waals surface area contributed by atoms with Gasteiger partial charge in [-0.25, -0.2) is 4.21 Å². The molecule has 4 nitrogen and oxygen atoms in total. The molecule has 6 heteroatoms. The lowest BCUT2D eigenvalue weighted by Gasteiger charge is -2.23. The molecule has 3 aromatic rings. The van der Waals surface area contributed by atoms with Crippen molar-refractivity contribution in [3.63, 3.8) is 0 Å². The van der Waals surface area contributed by atoms with Crippen molar-refractivity contribution in [2.45, 2.75) is 25.5 Å². The minimum absolute atomic E-state index is 0.434. The van der Waals surface area contributed by atoms with Crippen molar-refractivity contribution in [3.05, 3.63) is 78.4 Å². The van der Waals surface area contributed by atoms with E-state index in [-0.39, 0.29) is 0 Å². The van der Waals surface area contributed by atoms with Gasteiger partial charge in [-0.15, -0.1) is 0 Å². The standard InChI is InChI=1S/C25H28NO3PS/c1-25(2,3)31(27)26-18-19-16-22(28-4)23(29-5)17-24(19)30(20-12-8-6-9-13-20)21-14-10-7-11-15-21/h6-18H,1-5H3/b26-18+. The first-order chi connectivity index (χ1) is 14.8. The predicted octanol–water partition coefficient (Wildman–Crippen LogP) is 4.34. The number of rotatable bonds is 7. The van der Waals surface area contributed by atoms with Crippen LogP contribution in [0.4, 0.5) is 0 Å². The molecule has 162 valence electrons. The first-order valence-corrected chi connectivity index (χ1v) is 12.4. The molecule has 0 aliphatic rings. The molecule has 0 fully saturated rings. The molecule has 0 saturated carbocycles. The van der Waals surface area contributed by atoms with E-state index >= 15 is 0 Å². The molecule has 0 bridgehead atoms. The van der Waals surface area contributed by atoms with E-state index < -0.39 is 23.7 Å². The summed E-state index contributed by atoms with van der Waals surface area (Å²) in [5, 5.41) is 3.49. The van der Waals surface area contributed by atoms with Gasteiger partial charge in [0.05, 0.1) is 19.0 Å². The zero-order valence-electron chi connectivity index (χ0n) is 18.5. The molecule has 0 N–H and O–H groups in total. The van der Waals surface area contributed by atoms with Crippen molar-refractivity contribution in [2.75, 3.05) is 14.2 Å². The first-order valence-electron chi connectivity index (χ1n) is 9.97. The summed E-state index contributed by atoms with van der Waals surface area (Å²) < 4.78 is 27.7. The van der Waals surface area contributed by atoms with Crippen LogP contribution in [-0.4, -0.2) is 29.4 Å². The molecule has 0 radical (unpaired) electrons. The Morgan fingerprint density at radius 3 is 1.77 bits per heavy atom. The van der Waals surface area contributed by atoms with Gasteiger partial charge in [0, 0.05) is 11.8 Å². The van der Waals surface area contributed by atoms with Gasteiger partial charge in [-0.3, -0.25) is 0 Å². The van der Waals surface area contributed by atoms with Crippen LogP contribution >= 0.6 is 7.92 Å². The Morgan fingerprint density at radius 2 is 1.32 bits per heavy atom. The Labute approximate surface area is 188 Å². The second-order valence-corrected chi connectivity index (χ2v) is 12.0. The van der Waals surface area contributed by atoms with Gasteiger partial charge in [0.1, 0.15) is 11.0 Å². The monoisotopic (exact) mass is 453 g/mol. The molecule has 1 unspecified atom stereocenters. The van der Waals surface area contributed by atoms with E-state index in [9.17, 15) is 4.21 Å². The Hall–Kier alpha value is -2.49. The Balaban J connectivity index is 2.24. The highest BCUT2D eigenvalue weighted by Gasteiger charge is 2.23. The molecule has 1 atom stereocenters. The maximum absolute atomic E-state index is 12.6. The van der Waals surface area contributed by atoms with Crippen molar-refractivity contribution in [1.29, 1.82) is 0 Å². The van der Waals surface area contributed by atoms with Gasteiger partial charge in [-0.1, -0.05) is 60.7 Å². The summed E-state index contributed by atoms with van der Waals surface area (Å²) in [4.78, 5) is 0. The maximum Gasteiger partial charge on any atom is 0.161 e. The van der Waals surface area contributed by atoms with Crippen LogP contribution in [0, 0.1) is 0 Å². The van der Waals surface area contributed by atoms with Crippen LogP contribution < -0.4 is 25.4 Å². The molecule has 0 amide bonds. The van der Waals surface area contributed by atoms with Crippen LogP contribution in [0.2, 0.25) is 0 Å². The molecule has 0 aliphatic heterocycles. The third-order valence-corrected chi connectivity index (χ3v) is 8.46. The van der Waals surface area contributed by atoms with Gasteiger partial charge in [-0.2, -0.15) is 4.40 Å². The molecule has 0 aromatic heterocycles. The van der Waals surface area contributed by atoms with Crippen molar-refractivity contribution in [3.8, 4) is 11.5 Å². The van der Waals surface area contributed by atoms with Crippen LogP contribution in [0.25, 0.3) is 0 Å². The van der Waals surface area contributed by atoms with Gasteiger partial charge in [-0.05, 0) is 56.7 Å². The summed E-state index contributed by atoms with van der Waals surface area (Å²) >= 11 is 0. The van der Waals surface area contributed by atoms with Gasteiger partial charge in [0.25, 0.3) is 0 Å². The van der Waals surface area contributed by atoms with Crippen LogP contribution in [0.15, 0.2) is 77.2 Å². The third-order valence-electron chi connectivity index (χ3n) is 4.61. The van der Waals surface area contributed by atoms with Crippen molar-refractivity contribution in [1.82, 2.24) is 0 Å². The summed E-state index contributed by atoms with van der Waals surface area (Å²) in [6.45, 7) is 5.74. The summed E-state index contributed by atoms with van der Waals surface area (Å²) in [6, 6.07) is 24.8. The zero-order valence-corrected chi connectivity index (χ0v) is 20.2. The number of benzene rings is 3. The fourth-order valence-electron chi connectivity index (χ4n) is 3.03. The first kappa shape index (κ1) is 23.2. The topological polar surface area (TPSA) is 47.9 Å².